The molecule has 0 fully saturated rings. The minimum absolute atomic E-state index is 0.137. The van der Waals surface area contributed by atoms with Gasteiger partial charge >= 0.3 is 17.9 Å². The third-order valence-electron chi connectivity index (χ3n) is 2.05. The van der Waals surface area contributed by atoms with Gasteiger partial charge in [-0.3, -0.25) is 9.59 Å². The van der Waals surface area contributed by atoms with Crippen molar-refractivity contribution in [3.05, 3.63) is 12.2 Å². The molecule has 0 saturated carbocycles. The van der Waals surface area contributed by atoms with Crippen molar-refractivity contribution in [3.63, 3.8) is 0 Å². The molecule has 108 valence electrons. The molecule has 6 nitrogen and oxygen atoms in total. The van der Waals surface area contributed by atoms with Crippen molar-refractivity contribution in [2.45, 2.75) is 39.7 Å². The minimum Gasteiger partial charge on any atom is -0.462 e. The third-order valence-corrected chi connectivity index (χ3v) is 2.05. The zero-order chi connectivity index (χ0) is 14.8. The Balaban J connectivity index is 4.32. The van der Waals surface area contributed by atoms with E-state index >= 15 is 0 Å². The van der Waals surface area contributed by atoms with Gasteiger partial charge in [0.25, 0.3) is 0 Å². The molecule has 0 aromatic rings. The monoisotopic (exact) mass is 272 g/mol. The predicted molar refractivity (Wildman–Crippen MR) is 67.2 cm³/mol. The topological polar surface area (TPSA) is 78.9 Å². The van der Waals surface area contributed by atoms with Gasteiger partial charge in [0.1, 0.15) is 13.2 Å². The Hall–Kier alpha value is -1.85. The number of esters is 3. The van der Waals surface area contributed by atoms with Crippen LogP contribution in [-0.4, -0.2) is 37.2 Å². The molecule has 0 bridgehead atoms. The van der Waals surface area contributed by atoms with E-state index in [4.69, 9.17) is 14.2 Å². The average Bonchev–Trinajstić information content (AvgIpc) is 2.40. The first-order valence-corrected chi connectivity index (χ1v) is 6.08. The van der Waals surface area contributed by atoms with Crippen LogP contribution in [0.25, 0.3) is 0 Å². The molecule has 0 aliphatic carbocycles. The lowest BCUT2D eigenvalue weighted by Gasteiger charge is -2.17. The van der Waals surface area contributed by atoms with Crippen LogP contribution in [-0.2, 0) is 28.6 Å². The summed E-state index contributed by atoms with van der Waals surface area (Å²) in [5.41, 5.74) is 0.242. The highest BCUT2D eigenvalue weighted by Gasteiger charge is 2.18. The summed E-state index contributed by atoms with van der Waals surface area (Å²) in [6, 6.07) is 0. The van der Waals surface area contributed by atoms with Crippen LogP contribution < -0.4 is 0 Å². The van der Waals surface area contributed by atoms with E-state index in [-0.39, 0.29) is 31.6 Å². The predicted octanol–water partition coefficient (Wildman–Crippen LogP) is 1.38. The summed E-state index contributed by atoms with van der Waals surface area (Å²) in [7, 11) is 0. The fourth-order valence-electron chi connectivity index (χ4n) is 0.965. The molecule has 0 aromatic carbocycles. The maximum atomic E-state index is 11.2. The number of rotatable bonds is 8. The van der Waals surface area contributed by atoms with E-state index in [1.54, 1.807) is 13.8 Å². The summed E-state index contributed by atoms with van der Waals surface area (Å²) in [4.78, 5) is 33.5. The van der Waals surface area contributed by atoms with Crippen LogP contribution in [0.5, 0.6) is 0 Å². The number of hydrogen-bond donors (Lipinski definition) is 0. The first-order chi connectivity index (χ1) is 8.90. The van der Waals surface area contributed by atoms with Gasteiger partial charge in [0.05, 0.1) is 0 Å². The van der Waals surface area contributed by atoms with Gasteiger partial charge < -0.3 is 14.2 Å². The van der Waals surface area contributed by atoms with Crippen LogP contribution in [0.3, 0.4) is 0 Å². The van der Waals surface area contributed by atoms with E-state index in [0.717, 1.165) is 0 Å². The molecule has 1 atom stereocenters. The highest BCUT2D eigenvalue weighted by Crippen LogP contribution is 2.02. The van der Waals surface area contributed by atoms with Gasteiger partial charge in [0.15, 0.2) is 6.10 Å². The van der Waals surface area contributed by atoms with Gasteiger partial charge in [-0.1, -0.05) is 20.4 Å². The molecule has 0 saturated heterocycles. The summed E-state index contributed by atoms with van der Waals surface area (Å²) in [5, 5.41) is 0. The number of hydrogen-bond acceptors (Lipinski definition) is 6. The lowest BCUT2D eigenvalue weighted by atomic mass is 10.3. The van der Waals surface area contributed by atoms with E-state index in [1.165, 1.54) is 6.92 Å². The second kappa shape index (κ2) is 9.13. The summed E-state index contributed by atoms with van der Waals surface area (Å²) in [5.74, 6) is -1.45. The molecule has 19 heavy (non-hydrogen) atoms. The zero-order valence-corrected chi connectivity index (χ0v) is 11.6. The maximum Gasteiger partial charge on any atom is 0.333 e. The maximum absolute atomic E-state index is 11.2. The molecule has 0 aliphatic rings. The fourth-order valence-corrected chi connectivity index (χ4v) is 0.965. The normalized spacial score (nSPS) is 11.3. The van der Waals surface area contributed by atoms with Crippen molar-refractivity contribution < 1.29 is 28.6 Å². The van der Waals surface area contributed by atoms with E-state index < -0.39 is 24.0 Å². The number of carbonyl (C=O) groups excluding carboxylic acids is 3. The number of ether oxygens (including phenoxy) is 3. The molecule has 0 spiro atoms. The second-order valence-corrected chi connectivity index (χ2v) is 3.88. The summed E-state index contributed by atoms with van der Waals surface area (Å²) in [6.07, 6.45) is -0.390. The molecule has 0 N–H and O–H groups in total. The lowest BCUT2D eigenvalue weighted by Crippen LogP contribution is -2.30. The van der Waals surface area contributed by atoms with Crippen LogP contribution in [0.1, 0.15) is 33.6 Å². The van der Waals surface area contributed by atoms with Gasteiger partial charge in [-0.15, -0.1) is 0 Å². The molecule has 0 heterocycles. The SMILES string of the molecule is C=C(C)C(=O)OCC(COC(=O)CC)OC(=O)CC. The van der Waals surface area contributed by atoms with Crippen LogP contribution in [0.2, 0.25) is 0 Å². The highest BCUT2D eigenvalue weighted by molar-refractivity contribution is 5.86. The second-order valence-electron chi connectivity index (χ2n) is 3.88. The summed E-state index contributed by atoms with van der Waals surface area (Å²) >= 11 is 0. The van der Waals surface area contributed by atoms with Crippen molar-refractivity contribution in [2.75, 3.05) is 13.2 Å². The molecule has 0 radical (unpaired) electrons. The van der Waals surface area contributed by atoms with Crippen molar-refractivity contribution in [1.29, 1.82) is 0 Å². The van der Waals surface area contributed by atoms with Gasteiger partial charge in [-0.2, -0.15) is 0 Å². The highest BCUT2D eigenvalue weighted by atomic mass is 16.6. The Labute approximate surface area is 112 Å². The Morgan fingerprint density at radius 3 is 2.00 bits per heavy atom. The smallest absolute Gasteiger partial charge is 0.333 e. The Kier molecular flexibility index (Phi) is 8.24. The van der Waals surface area contributed by atoms with Crippen molar-refractivity contribution >= 4 is 17.9 Å². The zero-order valence-electron chi connectivity index (χ0n) is 11.6. The van der Waals surface area contributed by atoms with Crippen LogP contribution >= 0.6 is 0 Å². The van der Waals surface area contributed by atoms with Crippen molar-refractivity contribution in [3.8, 4) is 0 Å². The standard InChI is InChI=1S/C13H20O6/c1-5-11(14)17-7-10(19-12(15)6-2)8-18-13(16)9(3)4/h10H,3,5-8H2,1-2,4H3. The van der Waals surface area contributed by atoms with E-state index in [0.29, 0.717) is 0 Å². The summed E-state index contributed by atoms with van der Waals surface area (Å²) in [6.45, 7) is 7.91. The minimum atomic E-state index is -0.800. The summed E-state index contributed by atoms with van der Waals surface area (Å²) < 4.78 is 14.7. The largest absolute Gasteiger partial charge is 0.462 e. The van der Waals surface area contributed by atoms with Crippen LogP contribution in [0, 0.1) is 0 Å². The first-order valence-electron chi connectivity index (χ1n) is 6.08. The molecular formula is C13H20O6. The lowest BCUT2D eigenvalue weighted by molar-refractivity contribution is -0.165. The van der Waals surface area contributed by atoms with E-state index in [2.05, 4.69) is 6.58 Å². The molecule has 0 amide bonds. The molecule has 1 unspecified atom stereocenters. The van der Waals surface area contributed by atoms with Gasteiger partial charge in [0.2, 0.25) is 0 Å². The molecule has 0 aromatic heterocycles. The van der Waals surface area contributed by atoms with Crippen LogP contribution in [0.15, 0.2) is 12.2 Å². The molecular weight excluding hydrogens is 252 g/mol. The molecule has 6 heteroatoms. The fraction of sp³-hybridized carbons (Fsp3) is 0.615. The average molecular weight is 272 g/mol. The number of carbonyl (C=O) groups is 3. The van der Waals surface area contributed by atoms with Crippen molar-refractivity contribution in [2.24, 2.45) is 0 Å². The van der Waals surface area contributed by atoms with E-state index in [1.807, 2.05) is 0 Å². The van der Waals surface area contributed by atoms with Crippen molar-refractivity contribution in [1.82, 2.24) is 0 Å². The van der Waals surface area contributed by atoms with Gasteiger partial charge in [-0.05, 0) is 6.92 Å². The quantitative estimate of drug-likeness (QED) is 0.377. The van der Waals surface area contributed by atoms with Gasteiger partial charge in [0, 0.05) is 18.4 Å². The molecule has 0 rings (SSSR count). The van der Waals surface area contributed by atoms with Gasteiger partial charge in [-0.25, -0.2) is 4.79 Å². The first kappa shape index (κ1) is 17.2. The Bertz CT molecular complexity index is 347. The third kappa shape index (κ3) is 7.96. The Morgan fingerprint density at radius 1 is 1.00 bits per heavy atom. The van der Waals surface area contributed by atoms with E-state index in [9.17, 15) is 14.4 Å². The van der Waals surface area contributed by atoms with Crippen LogP contribution in [0.4, 0.5) is 0 Å². The molecule has 0 aliphatic heterocycles. The Morgan fingerprint density at radius 2 is 1.53 bits per heavy atom.